The van der Waals surface area contributed by atoms with E-state index in [1.165, 1.54) is 62.5 Å². The quantitative estimate of drug-likeness (QED) is 0.477. The van der Waals surface area contributed by atoms with Crippen LogP contribution in [0.15, 0.2) is 48.6 Å². The van der Waals surface area contributed by atoms with Gasteiger partial charge in [-0.05, 0) is 92.7 Å². The number of rotatable bonds is 4. The molecule has 0 radical (unpaired) electrons. The highest BCUT2D eigenvalue weighted by Crippen LogP contribution is 2.43. The van der Waals surface area contributed by atoms with Crippen LogP contribution < -0.4 is 0 Å². The number of nitrogens with zero attached hydrogens (tertiary/aromatic N) is 2. The molecule has 2 nitrogen and oxygen atoms in total. The molecule has 134 valence electrons. The second kappa shape index (κ2) is 8.86. The zero-order chi connectivity index (χ0) is 18.4. The standard InChI is InChI=1S/C24H28N2/c1-18(21-8-4-19(5-9-21)3-2-16-25)22-12-14-24(15-13-22)23-10-6-20(17-26)7-11-23/h2-3,6-7,10-11,19,21-22,24H,1,4-5,8-9,12-15H2/b3-2+/t19-,21-,22-,24-. The minimum Gasteiger partial charge on any atom is -0.193 e. The smallest absolute Gasteiger partial charge is 0.0991 e. The molecular weight excluding hydrogens is 316 g/mol. The predicted molar refractivity (Wildman–Crippen MR) is 105 cm³/mol. The summed E-state index contributed by atoms with van der Waals surface area (Å²) in [5.41, 5.74) is 3.62. The molecule has 2 aliphatic rings. The zero-order valence-corrected chi connectivity index (χ0v) is 15.5. The maximum Gasteiger partial charge on any atom is 0.0991 e. The van der Waals surface area contributed by atoms with Crippen molar-refractivity contribution in [1.29, 1.82) is 10.5 Å². The second-order valence-electron chi connectivity index (χ2n) is 7.96. The molecule has 0 saturated heterocycles. The van der Waals surface area contributed by atoms with E-state index in [0.29, 0.717) is 23.7 Å². The third-order valence-corrected chi connectivity index (χ3v) is 6.50. The Labute approximate surface area is 157 Å². The first-order valence-electron chi connectivity index (χ1n) is 9.96. The Morgan fingerprint density at radius 3 is 2.00 bits per heavy atom. The van der Waals surface area contributed by atoms with Crippen LogP contribution in [-0.4, -0.2) is 0 Å². The van der Waals surface area contributed by atoms with Crippen molar-refractivity contribution in [3.63, 3.8) is 0 Å². The van der Waals surface area contributed by atoms with Gasteiger partial charge in [0.2, 0.25) is 0 Å². The van der Waals surface area contributed by atoms with E-state index in [-0.39, 0.29) is 0 Å². The molecule has 2 heteroatoms. The second-order valence-corrected chi connectivity index (χ2v) is 7.96. The van der Waals surface area contributed by atoms with Crippen LogP contribution in [0.4, 0.5) is 0 Å². The van der Waals surface area contributed by atoms with Gasteiger partial charge in [-0.1, -0.05) is 30.4 Å². The summed E-state index contributed by atoms with van der Waals surface area (Å²) in [7, 11) is 0. The molecule has 2 aliphatic carbocycles. The van der Waals surface area contributed by atoms with Gasteiger partial charge in [-0.15, -0.1) is 0 Å². The van der Waals surface area contributed by atoms with E-state index in [0.717, 1.165) is 5.56 Å². The lowest BCUT2D eigenvalue weighted by atomic mass is 9.70. The topological polar surface area (TPSA) is 47.6 Å². The number of hydrogen-bond donors (Lipinski definition) is 0. The average Bonchev–Trinajstić information content (AvgIpc) is 2.72. The fraction of sp³-hybridized carbons (Fsp3) is 0.500. The molecule has 0 atom stereocenters. The van der Waals surface area contributed by atoms with Crippen molar-refractivity contribution in [1.82, 2.24) is 0 Å². The summed E-state index contributed by atoms with van der Waals surface area (Å²) >= 11 is 0. The normalized spacial score (nSPS) is 29.0. The molecule has 3 rings (SSSR count). The molecular formula is C24H28N2. The van der Waals surface area contributed by atoms with Crippen molar-refractivity contribution in [2.75, 3.05) is 0 Å². The fourth-order valence-corrected chi connectivity index (χ4v) is 4.82. The van der Waals surface area contributed by atoms with Gasteiger partial charge in [0.1, 0.15) is 0 Å². The van der Waals surface area contributed by atoms with Crippen molar-refractivity contribution < 1.29 is 0 Å². The first kappa shape index (κ1) is 18.5. The summed E-state index contributed by atoms with van der Waals surface area (Å²) < 4.78 is 0. The summed E-state index contributed by atoms with van der Waals surface area (Å²) in [6, 6.07) is 12.5. The van der Waals surface area contributed by atoms with Gasteiger partial charge in [-0.25, -0.2) is 0 Å². The molecule has 0 N–H and O–H groups in total. The average molecular weight is 345 g/mol. The summed E-state index contributed by atoms with van der Waals surface area (Å²) in [5.74, 6) is 2.59. The monoisotopic (exact) mass is 344 g/mol. The molecule has 0 aliphatic heterocycles. The Bertz CT molecular complexity index is 713. The van der Waals surface area contributed by atoms with E-state index in [9.17, 15) is 0 Å². The van der Waals surface area contributed by atoms with Gasteiger partial charge >= 0.3 is 0 Å². The lowest BCUT2D eigenvalue weighted by Crippen LogP contribution is -2.22. The molecule has 0 spiro atoms. The molecule has 0 bridgehead atoms. The van der Waals surface area contributed by atoms with Crippen molar-refractivity contribution in [2.24, 2.45) is 17.8 Å². The van der Waals surface area contributed by atoms with Crippen molar-refractivity contribution >= 4 is 0 Å². The largest absolute Gasteiger partial charge is 0.193 e. The predicted octanol–water partition coefficient (Wildman–Crippen LogP) is 6.27. The Kier molecular flexibility index (Phi) is 6.30. The summed E-state index contributed by atoms with van der Waals surface area (Å²) in [6.45, 7) is 4.50. The molecule has 1 aromatic carbocycles. The van der Waals surface area contributed by atoms with E-state index < -0.39 is 0 Å². The Morgan fingerprint density at radius 2 is 1.46 bits per heavy atom. The Balaban J connectivity index is 1.49. The van der Waals surface area contributed by atoms with E-state index in [1.807, 2.05) is 12.1 Å². The number of hydrogen-bond acceptors (Lipinski definition) is 2. The van der Waals surface area contributed by atoms with Crippen LogP contribution in [0.2, 0.25) is 0 Å². The van der Waals surface area contributed by atoms with Gasteiger partial charge in [-0.3, -0.25) is 0 Å². The molecule has 26 heavy (non-hydrogen) atoms. The van der Waals surface area contributed by atoms with Gasteiger partial charge in [0, 0.05) is 6.08 Å². The molecule has 0 heterocycles. The third kappa shape index (κ3) is 4.44. The van der Waals surface area contributed by atoms with Gasteiger partial charge in [0.15, 0.2) is 0 Å². The highest BCUT2D eigenvalue weighted by Gasteiger charge is 2.29. The van der Waals surface area contributed by atoms with Crippen LogP contribution in [0.5, 0.6) is 0 Å². The van der Waals surface area contributed by atoms with Gasteiger partial charge in [0.05, 0.1) is 17.7 Å². The fourth-order valence-electron chi connectivity index (χ4n) is 4.82. The van der Waals surface area contributed by atoms with E-state index in [4.69, 9.17) is 10.5 Å². The van der Waals surface area contributed by atoms with E-state index >= 15 is 0 Å². The third-order valence-electron chi connectivity index (χ3n) is 6.50. The molecule has 2 fully saturated rings. The number of benzene rings is 1. The number of allylic oxidation sites excluding steroid dienone is 3. The summed E-state index contributed by atoms with van der Waals surface area (Å²) in [4.78, 5) is 0. The van der Waals surface area contributed by atoms with Crippen LogP contribution >= 0.6 is 0 Å². The van der Waals surface area contributed by atoms with Crippen LogP contribution in [0, 0.1) is 40.4 Å². The van der Waals surface area contributed by atoms with Gasteiger partial charge in [0.25, 0.3) is 0 Å². The first-order valence-corrected chi connectivity index (χ1v) is 9.96. The lowest BCUT2D eigenvalue weighted by Gasteiger charge is -2.35. The molecule has 0 aromatic heterocycles. The SMILES string of the molecule is C=C([C@H]1CC[C@H](/C=C/C#N)CC1)[C@H]1CC[C@H](c2ccc(C#N)cc2)CC1. The van der Waals surface area contributed by atoms with Crippen LogP contribution in [0.25, 0.3) is 0 Å². The number of nitriles is 2. The van der Waals surface area contributed by atoms with Crippen molar-refractivity contribution in [2.45, 2.75) is 57.3 Å². The maximum atomic E-state index is 8.94. The molecule has 0 unspecified atom stereocenters. The van der Waals surface area contributed by atoms with Gasteiger partial charge in [-0.2, -0.15) is 10.5 Å². The minimum atomic E-state index is 0.589. The van der Waals surface area contributed by atoms with Crippen molar-refractivity contribution in [3.05, 3.63) is 59.7 Å². The zero-order valence-electron chi connectivity index (χ0n) is 15.5. The summed E-state index contributed by atoms with van der Waals surface area (Å²) in [5, 5.41) is 17.6. The Morgan fingerprint density at radius 1 is 0.885 bits per heavy atom. The van der Waals surface area contributed by atoms with Crippen molar-refractivity contribution in [3.8, 4) is 12.1 Å². The highest BCUT2D eigenvalue weighted by molar-refractivity contribution is 5.33. The maximum absolute atomic E-state index is 8.94. The first-order chi connectivity index (χ1) is 12.7. The molecule has 2 saturated carbocycles. The lowest BCUT2D eigenvalue weighted by molar-refractivity contribution is 0.290. The summed E-state index contributed by atoms with van der Waals surface area (Å²) in [6.07, 6.45) is 13.5. The molecule has 1 aromatic rings. The molecule has 0 amide bonds. The van der Waals surface area contributed by atoms with E-state index in [1.54, 1.807) is 6.08 Å². The Hall–Kier alpha value is -2.32. The van der Waals surface area contributed by atoms with Gasteiger partial charge < -0.3 is 0 Å². The van der Waals surface area contributed by atoms with E-state index in [2.05, 4.69) is 36.9 Å². The van der Waals surface area contributed by atoms with Crippen LogP contribution in [-0.2, 0) is 0 Å². The van der Waals surface area contributed by atoms with Crippen LogP contribution in [0.1, 0.15) is 68.4 Å². The van der Waals surface area contributed by atoms with Crippen LogP contribution in [0.3, 0.4) is 0 Å². The minimum absolute atomic E-state index is 0.589. The highest BCUT2D eigenvalue weighted by atomic mass is 14.3.